The molecule has 0 radical (unpaired) electrons. The Bertz CT molecular complexity index is 568. The van der Waals surface area contributed by atoms with Crippen molar-refractivity contribution >= 4 is 17.7 Å². The van der Waals surface area contributed by atoms with Gasteiger partial charge in [-0.05, 0) is 31.2 Å². The molecule has 0 spiro atoms. The van der Waals surface area contributed by atoms with E-state index in [1.807, 2.05) is 12.1 Å². The highest BCUT2D eigenvalue weighted by molar-refractivity contribution is 6.30. The maximum atomic E-state index is 11.1. The van der Waals surface area contributed by atoms with Gasteiger partial charge in [0.1, 0.15) is 0 Å². The standard InChI is InChI=1S/C13H14ClN3O3/c1-2-19-13(18)15-8-7-11-16-12(17-20-11)9-3-5-10(14)6-4-9/h3-6H,2,7-8H2,1H3,(H,15,18). The molecule has 2 rings (SSSR count). The van der Waals surface area contributed by atoms with Crippen LogP contribution in [0, 0.1) is 0 Å². The first-order valence-corrected chi connectivity index (χ1v) is 6.56. The summed E-state index contributed by atoms with van der Waals surface area (Å²) in [6.45, 7) is 2.46. The van der Waals surface area contributed by atoms with Gasteiger partial charge in [-0.1, -0.05) is 16.8 Å². The van der Waals surface area contributed by atoms with E-state index in [1.165, 1.54) is 0 Å². The molecule has 0 aliphatic rings. The number of halogens is 1. The second-order valence-corrected chi connectivity index (χ2v) is 4.35. The van der Waals surface area contributed by atoms with Gasteiger partial charge in [-0.2, -0.15) is 4.98 Å². The smallest absolute Gasteiger partial charge is 0.407 e. The van der Waals surface area contributed by atoms with Crippen LogP contribution in [0.2, 0.25) is 5.02 Å². The number of hydrogen-bond acceptors (Lipinski definition) is 5. The lowest BCUT2D eigenvalue weighted by molar-refractivity contribution is 0.152. The topological polar surface area (TPSA) is 77.2 Å². The van der Waals surface area contributed by atoms with Crippen LogP contribution in [0.3, 0.4) is 0 Å². The van der Waals surface area contributed by atoms with Crippen molar-refractivity contribution in [2.24, 2.45) is 0 Å². The van der Waals surface area contributed by atoms with Crippen LogP contribution >= 0.6 is 11.6 Å². The Kier molecular flexibility index (Phi) is 4.95. The Hall–Kier alpha value is -2.08. The number of carbonyl (C=O) groups is 1. The highest BCUT2D eigenvalue weighted by Gasteiger charge is 2.09. The van der Waals surface area contributed by atoms with Gasteiger partial charge in [0.15, 0.2) is 0 Å². The summed E-state index contributed by atoms with van der Waals surface area (Å²) >= 11 is 5.81. The highest BCUT2D eigenvalue weighted by Crippen LogP contribution is 2.18. The largest absolute Gasteiger partial charge is 0.450 e. The lowest BCUT2D eigenvalue weighted by Crippen LogP contribution is -2.26. The van der Waals surface area contributed by atoms with Crippen molar-refractivity contribution in [3.8, 4) is 11.4 Å². The number of amides is 1. The molecule has 0 atom stereocenters. The first-order chi connectivity index (χ1) is 9.69. The molecule has 2 aromatic rings. The van der Waals surface area contributed by atoms with Crippen LogP contribution in [-0.4, -0.2) is 29.4 Å². The summed E-state index contributed by atoms with van der Waals surface area (Å²) in [4.78, 5) is 15.3. The number of aromatic nitrogens is 2. The Morgan fingerprint density at radius 3 is 2.85 bits per heavy atom. The van der Waals surface area contributed by atoms with Crippen molar-refractivity contribution in [2.45, 2.75) is 13.3 Å². The third kappa shape index (κ3) is 3.96. The molecule has 106 valence electrons. The van der Waals surface area contributed by atoms with Crippen LogP contribution in [0.4, 0.5) is 4.79 Å². The molecular formula is C13H14ClN3O3. The molecule has 1 amide bonds. The summed E-state index contributed by atoms with van der Waals surface area (Å²) in [7, 11) is 0. The number of hydrogen-bond donors (Lipinski definition) is 1. The van der Waals surface area contributed by atoms with Gasteiger partial charge < -0.3 is 14.6 Å². The first-order valence-electron chi connectivity index (χ1n) is 6.18. The van der Waals surface area contributed by atoms with Crippen molar-refractivity contribution in [3.05, 3.63) is 35.2 Å². The Balaban J connectivity index is 1.89. The predicted octanol–water partition coefficient (Wildman–Crippen LogP) is 2.68. The summed E-state index contributed by atoms with van der Waals surface area (Å²) in [5.41, 5.74) is 0.822. The van der Waals surface area contributed by atoms with Crippen molar-refractivity contribution in [2.75, 3.05) is 13.2 Å². The number of nitrogens with zero attached hydrogens (tertiary/aromatic N) is 2. The molecule has 6 nitrogen and oxygen atoms in total. The maximum Gasteiger partial charge on any atom is 0.407 e. The third-order valence-electron chi connectivity index (χ3n) is 2.45. The zero-order valence-electron chi connectivity index (χ0n) is 10.9. The van der Waals surface area contributed by atoms with E-state index in [1.54, 1.807) is 19.1 Å². The van der Waals surface area contributed by atoms with Crippen LogP contribution in [0.25, 0.3) is 11.4 Å². The molecule has 0 aliphatic heterocycles. The minimum atomic E-state index is -0.454. The number of nitrogens with one attached hydrogen (secondary N) is 1. The fourth-order valence-electron chi connectivity index (χ4n) is 1.53. The molecule has 1 N–H and O–H groups in total. The molecular weight excluding hydrogens is 282 g/mol. The lowest BCUT2D eigenvalue weighted by atomic mass is 10.2. The monoisotopic (exact) mass is 295 g/mol. The average Bonchev–Trinajstić information content (AvgIpc) is 2.89. The minimum absolute atomic E-state index is 0.340. The lowest BCUT2D eigenvalue weighted by Gasteiger charge is -2.02. The van der Waals surface area contributed by atoms with Crippen LogP contribution in [0.15, 0.2) is 28.8 Å². The Morgan fingerprint density at radius 1 is 1.40 bits per heavy atom. The van der Waals surface area contributed by atoms with Gasteiger partial charge in [0.05, 0.1) is 6.61 Å². The number of benzene rings is 1. The van der Waals surface area contributed by atoms with E-state index in [2.05, 4.69) is 15.5 Å². The van der Waals surface area contributed by atoms with Crippen LogP contribution < -0.4 is 5.32 Å². The van der Waals surface area contributed by atoms with Crippen molar-refractivity contribution in [1.29, 1.82) is 0 Å². The van der Waals surface area contributed by atoms with E-state index in [-0.39, 0.29) is 0 Å². The second kappa shape index (κ2) is 6.91. The maximum absolute atomic E-state index is 11.1. The van der Waals surface area contributed by atoms with Crippen molar-refractivity contribution < 1.29 is 14.1 Å². The molecule has 1 aromatic heterocycles. The van der Waals surface area contributed by atoms with Gasteiger partial charge in [0.25, 0.3) is 0 Å². The molecule has 0 unspecified atom stereocenters. The molecule has 7 heteroatoms. The average molecular weight is 296 g/mol. The molecule has 0 fully saturated rings. The van der Waals surface area contributed by atoms with E-state index in [4.69, 9.17) is 20.9 Å². The van der Waals surface area contributed by atoms with Crippen molar-refractivity contribution in [1.82, 2.24) is 15.5 Å². The third-order valence-corrected chi connectivity index (χ3v) is 2.71. The van der Waals surface area contributed by atoms with E-state index in [9.17, 15) is 4.79 Å². The Labute approximate surface area is 121 Å². The zero-order valence-corrected chi connectivity index (χ0v) is 11.7. The van der Waals surface area contributed by atoms with Gasteiger partial charge in [-0.3, -0.25) is 0 Å². The van der Waals surface area contributed by atoms with Gasteiger partial charge >= 0.3 is 6.09 Å². The predicted molar refractivity (Wildman–Crippen MR) is 73.5 cm³/mol. The molecule has 0 saturated carbocycles. The molecule has 1 heterocycles. The van der Waals surface area contributed by atoms with E-state index in [0.717, 1.165) is 5.56 Å². The number of ether oxygens (including phenoxy) is 1. The fourth-order valence-corrected chi connectivity index (χ4v) is 1.65. The summed E-state index contributed by atoms with van der Waals surface area (Å²) in [5.74, 6) is 0.944. The Morgan fingerprint density at radius 2 is 2.15 bits per heavy atom. The van der Waals surface area contributed by atoms with Gasteiger partial charge in [0, 0.05) is 23.6 Å². The van der Waals surface area contributed by atoms with Gasteiger partial charge in [-0.15, -0.1) is 0 Å². The number of rotatable bonds is 5. The second-order valence-electron chi connectivity index (χ2n) is 3.92. The van der Waals surface area contributed by atoms with Crippen LogP contribution in [0.5, 0.6) is 0 Å². The zero-order chi connectivity index (χ0) is 14.4. The summed E-state index contributed by atoms with van der Waals surface area (Å²) in [5, 5.41) is 7.11. The van der Waals surface area contributed by atoms with Gasteiger partial charge in [0.2, 0.25) is 11.7 Å². The fraction of sp³-hybridized carbons (Fsp3) is 0.308. The van der Waals surface area contributed by atoms with E-state index >= 15 is 0 Å². The number of alkyl carbamates (subject to hydrolysis) is 1. The quantitative estimate of drug-likeness (QED) is 0.917. The molecule has 0 saturated heterocycles. The highest BCUT2D eigenvalue weighted by atomic mass is 35.5. The van der Waals surface area contributed by atoms with Crippen LogP contribution in [0.1, 0.15) is 12.8 Å². The van der Waals surface area contributed by atoms with Crippen molar-refractivity contribution in [3.63, 3.8) is 0 Å². The normalized spacial score (nSPS) is 10.3. The van der Waals surface area contributed by atoms with Gasteiger partial charge in [-0.25, -0.2) is 4.79 Å². The summed E-state index contributed by atoms with van der Waals surface area (Å²) in [6, 6.07) is 7.14. The van der Waals surface area contributed by atoms with E-state index < -0.39 is 6.09 Å². The molecule has 1 aromatic carbocycles. The SMILES string of the molecule is CCOC(=O)NCCc1nc(-c2ccc(Cl)cc2)no1. The summed E-state index contributed by atoms with van der Waals surface area (Å²) < 4.78 is 9.84. The first kappa shape index (κ1) is 14.3. The van der Waals surface area contributed by atoms with Crippen LogP contribution in [-0.2, 0) is 11.2 Å². The molecule has 0 bridgehead atoms. The number of carbonyl (C=O) groups excluding carboxylic acids is 1. The molecule has 20 heavy (non-hydrogen) atoms. The molecule has 0 aliphatic carbocycles. The summed E-state index contributed by atoms with van der Waals surface area (Å²) in [6.07, 6.45) is -0.00991. The van der Waals surface area contributed by atoms with E-state index in [0.29, 0.717) is 36.3 Å². The minimum Gasteiger partial charge on any atom is -0.450 e.